The zero-order valence-corrected chi connectivity index (χ0v) is 10.5. The molecule has 0 radical (unpaired) electrons. The average Bonchev–Trinajstić information content (AvgIpc) is 3.05. The van der Waals surface area contributed by atoms with Crippen LogP contribution in [0.4, 0.5) is 5.82 Å². The maximum Gasteiger partial charge on any atom is 0.179 e. The van der Waals surface area contributed by atoms with Crippen LogP contribution in [0.5, 0.6) is 0 Å². The van der Waals surface area contributed by atoms with Crippen molar-refractivity contribution in [1.82, 2.24) is 24.9 Å². The molecule has 0 saturated carbocycles. The summed E-state index contributed by atoms with van der Waals surface area (Å²) < 4.78 is 0. The van der Waals surface area contributed by atoms with Crippen LogP contribution in [0.3, 0.4) is 0 Å². The van der Waals surface area contributed by atoms with Crippen molar-refractivity contribution in [1.29, 1.82) is 0 Å². The van der Waals surface area contributed by atoms with Crippen molar-refractivity contribution >= 4 is 17.0 Å². The number of nitrogens with two attached hydrogens (primary N) is 1. The van der Waals surface area contributed by atoms with Crippen LogP contribution < -0.4 is 11.1 Å². The number of rotatable bonds is 4. The van der Waals surface area contributed by atoms with Gasteiger partial charge in [-0.25, -0.2) is 15.0 Å². The first-order chi connectivity index (χ1) is 9.26. The highest BCUT2D eigenvalue weighted by molar-refractivity contribution is 5.72. The molecule has 0 fully saturated rings. The van der Waals surface area contributed by atoms with E-state index in [0.717, 1.165) is 22.9 Å². The number of nitrogens with zero attached hydrogens (tertiary/aromatic N) is 3. The second-order valence-corrected chi connectivity index (χ2v) is 4.33. The Morgan fingerprint density at radius 2 is 2.26 bits per heavy atom. The molecule has 3 aromatic heterocycles. The van der Waals surface area contributed by atoms with Crippen LogP contribution in [0.2, 0.25) is 0 Å². The molecular weight excluding hydrogens is 242 g/mol. The summed E-state index contributed by atoms with van der Waals surface area (Å²) in [5.41, 5.74) is 8.67. The molecule has 3 heterocycles. The lowest BCUT2D eigenvalue weighted by molar-refractivity contribution is 0.670. The van der Waals surface area contributed by atoms with Gasteiger partial charge in [-0.15, -0.1) is 0 Å². The molecule has 3 aromatic rings. The summed E-state index contributed by atoms with van der Waals surface area (Å²) in [7, 11) is 1.83. The third-order valence-corrected chi connectivity index (χ3v) is 2.97. The minimum atomic E-state index is -0.215. The molecule has 0 amide bonds. The van der Waals surface area contributed by atoms with Gasteiger partial charge < -0.3 is 21.0 Å². The number of hydrogen-bond acceptors (Lipinski definition) is 5. The molecule has 0 spiro atoms. The summed E-state index contributed by atoms with van der Waals surface area (Å²) >= 11 is 0. The van der Waals surface area contributed by atoms with Crippen molar-refractivity contribution in [3.63, 3.8) is 0 Å². The first-order valence-electron chi connectivity index (χ1n) is 6.03. The van der Waals surface area contributed by atoms with Crippen molar-refractivity contribution in [3.05, 3.63) is 36.2 Å². The Hall–Kier alpha value is -2.41. The van der Waals surface area contributed by atoms with Crippen LogP contribution in [0.15, 0.2) is 24.7 Å². The minimum absolute atomic E-state index is 0.215. The monoisotopic (exact) mass is 257 g/mol. The zero-order valence-electron chi connectivity index (χ0n) is 10.5. The predicted octanol–water partition coefficient (Wildman–Crippen LogP) is 0.965. The van der Waals surface area contributed by atoms with Gasteiger partial charge in [0.1, 0.15) is 11.6 Å². The van der Waals surface area contributed by atoms with Gasteiger partial charge >= 0.3 is 0 Å². The number of pyridine rings is 1. The quantitative estimate of drug-likeness (QED) is 0.557. The summed E-state index contributed by atoms with van der Waals surface area (Å²) in [5, 5.41) is 2.98. The fourth-order valence-corrected chi connectivity index (χ4v) is 1.96. The van der Waals surface area contributed by atoms with Gasteiger partial charge in [0, 0.05) is 25.4 Å². The summed E-state index contributed by atoms with van der Waals surface area (Å²) in [6, 6.07) is 3.62. The van der Waals surface area contributed by atoms with E-state index in [2.05, 4.69) is 30.2 Å². The van der Waals surface area contributed by atoms with E-state index in [-0.39, 0.29) is 6.04 Å². The molecule has 0 aliphatic carbocycles. The summed E-state index contributed by atoms with van der Waals surface area (Å²) in [6.45, 7) is 0. The van der Waals surface area contributed by atoms with E-state index < -0.39 is 0 Å². The molecule has 0 aliphatic rings. The van der Waals surface area contributed by atoms with Gasteiger partial charge in [0.2, 0.25) is 0 Å². The molecule has 0 aliphatic heterocycles. The van der Waals surface area contributed by atoms with Gasteiger partial charge in [0.25, 0.3) is 0 Å². The molecule has 1 atom stereocenters. The topological polar surface area (TPSA) is 108 Å². The van der Waals surface area contributed by atoms with Crippen molar-refractivity contribution in [2.24, 2.45) is 5.73 Å². The molecule has 98 valence electrons. The van der Waals surface area contributed by atoms with E-state index in [9.17, 15) is 0 Å². The van der Waals surface area contributed by atoms with Gasteiger partial charge in [0.05, 0.1) is 17.9 Å². The Morgan fingerprint density at radius 3 is 3.00 bits per heavy atom. The Kier molecular flexibility index (Phi) is 2.88. The molecule has 1 unspecified atom stereocenters. The van der Waals surface area contributed by atoms with Crippen LogP contribution in [-0.2, 0) is 6.42 Å². The average molecular weight is 257 g/mol. The first-order valence-corrected chi connectivity index (χ1v) is 6.03. The van der Waals surface area contributed by atoms with Crippen LogP contribution in [0.1, 0.15) is 17.6 Å². The van der Waals surface area contributed by atoms with Gasteiger partial charge in [-0.05, 0) is 12.1 Å². The van der Waals surface area contributed by atoms with Crippen molar-refractivity contribution < 1.29 is 0 Å². The highest BCUT2D eigenvalue weighted by atomic mass is 15.1. The molecule has 0 bridgehead atoms. The Morgan fingerprint density at radius 1 is 1.37 bits per heavy atom. The molecule has 19 heavy (non-hydrogen) atoms. The number of imidazole rings is 2. The van der Waals surface area contributed by atoms with Gasteiger partial charge in [-0.1, -0.05) is 0 Å². The third kappa shape index (κ3) is 2.27. The molecule has 3 rings (SSSR count). The van der Waals surface area contributed by atoms with Crippen molar-refractivity contribution in [2.75, 3.05) is 12.4 Å². The van der Waals surface area contributed by atoms with Gasteiger partial charge in [-0.2, -0.15) is 0 Å². The summed E-state index contributed by atoms with van der Waals surface area (Å²) in [6.07, 6.45) is 4.06. The maximum absolute atomic E-state index is 6.14. The molecular formula is C12H15N7. The lowest BCUT2D eigenvalue weighted by Crippen LogP contribution is -2.15. The van der Waals surface area contributed by atoms with Crippen molar-refractivity contribution in [2.45, 2.75) is 12.5 Å². The number of aromatic amines is 2. The van der Waals surface area contributed by atoms with E-state index in [1.54, 1.807) is 12.5 Å². The van der Waals surface area contributed by atoms with Crippen LogP contribution in [0, 0.1) is 0 Å². The lowest BCUT2D eigenvalue weighted by atomic mass is 10.2. The van der Waals surface area contributed by atoms with E-state index >= 15 is 0 Å². The van der Waals surface area contributed by atoms with E-state index in [4.69, 9.17) is 5.73 Å². The Labute approximate surface area is 109 Å². The summed E-state index contributed by atoms with van der Waals surface area (Å²) in [5.74, 6) is 1.51. The minimum Gasteiger partial charge on any atom is -0.373 e. The number of nitrogens with one attached hydrogen (secondary N) is 3. The highest BCUT2D eigenvalue weighted by Crippen LogP contribution is 2.17. The standard InChI is InChI=1S/C12H15N7/c1-14-10-3-2-9-12(18-10)19-11(17-9)8(13)4-7-5-15-6-16-7/h2-3,5-6,8H,4,13H2,1H3,(H,15,16)(H2,14,17,18,19). The Balaban J connectivity index is 1.88. The fourth-order valence-electron chi connectivity index (χ4n) is 1.96. The number of H-pyrrole nitrogens is 2. The molecule has 7 heteroatoms. The smallest absolute Gasteiger partial charge is 0.179 e. The number of fused-ring (bicyclic) bond motifs is 1. The second kappa shape index (κ2) is 4.69. The Bertz CT molecular complexity index is 671. The highest BCUT2D eigenvalue weighted by Gasteiger charge is 2.13. The first kappa shape index (κ1) is 11.7. The molecule has 0 aromatic carbocycles. The SMILES string of the molecule is CNc1ccc2[nH]c(C(N)Cc3cnc[nH]3)nc2n1. The third-order valence-electron chi connectivity index (χ3n) is 2.97. The largest absolute Gasteiger partial charge is 0.373 e. The maximum atomic E-state index is 6.14. The fraction of sp³-hybridized carbons (Fsp3) is 0.250. The van der Waals surface area contributed by atoms with E-state index in [1.807, 2.05) is 19.2 Å². The van der Waals surface area contributed by atoms with Gasteiger partial charge in [-0.3, -0.25) is 0 Å². The second-order valence-electron chi connectivity index (χ2n) is 4.33. The molecule has 0 saturated heterocycles. The van der Waals surface area contributed by atoms with Crippen molar-refractivity contribution in [3.8, 4) is 0 Å². The van der Waals surface area contributed by atoms with Crippen LogP contribution in [0.25, 0.3) is 11.2 Å². The van der Waals surface area contributed by atoms with E-state index in [1.165, 1.54) is 0 Å². The van der Waals surface area contributed by atoms with Crippen LogP contribution in [-0.4, -0.2) is 32.0 Å². The molecule has 5 N–H and O–H groups in total. The zero-order chi connectivity index (χ0) is 13.2. The normalized spacial score (nSPS) is 12.7. The summed E-state index contributed by atoms with van der Waals surface area (Å²) in [4.78, 5) is 19.0. The number of aromatic nitrogens is 5. The van der Waals surface area contributed by atoms with Crippen LogP contribution >= 0.6 is 0 Å². The number of hydrogen-bond donors (Lipinski definition) is 4. The lowest BCUT2D eigenvalue weighted by Gasteiger charge is -2.05. The van der Waals surface area contributed by atoms with E-state index in [0.29, 0.717) is 12.1 Å². The number of anilines is 1. The van der Waals surface area contributed by atoms with Gasteiger partial charge in [0.15, 0.2) is 5.65 Å². The molecule has 7 nitrogen and oxygen atoms in total. The predicted molar refractivity (Wildman–Crippen MR) is 72.7 cm³/mol.